The molecule has 0 radical (unpaired) electrons. The largest absolute Gasteiger partial charge is 0.396 e. The molecule has 1 saturated heterocycles. The molecule has 2 fully saturated rings. The van der Waals surface area contributed by atoms with Crippen molar-refractivity contribution >= 4 is 30.1 Å². The molecule has 2 aromatic rings. The number of likely N-dealkylation sites (N-methyl/N-ethyl adjacent to an activating group) is 1. The molecule has 4 N–H and O–H groups in total. The van der Waals surface area contributed by atoms with E-state index in [9.17, 15) is 22.9 Å². The van der Waals surface area contributed by atoms with Crippen LogP contribution in [0.4, 0.5) is 18.9 Å². The highest BCUT2D eigenvalue weighted by molar-refractivity contribution is 7.53. The third-order valence-corrected chi connectivity index (χ3v) is 7.99. The van der Waals surface area contributed by atoms with Crippen molar-refractivity contribution in [3.05, 3.63) is 39.9 Å². The number of anilines is 1. The van der Waals surface area contributed by atoms with Crippen LogP contribution in [-0.4, -0.2) is 63.5 Å². The van der Waals surface area contributed by atoms with Crippen molar-refractivity contribution in [3.63, 3.8) is 0 Å². The van der Waals surface area contributed by atoms with Crippen molar-refractivity contribution in [1.82, 2.24) is 14.8 Å². The Bertz CT molecular complexity index is 1260. The molecule has 0 spiro atoms. The van der Waals surface area contributed by atoms with Crippen LogP contribution in [0.1, 0.15) is 54.9 Å². The number of pyridine rings is 1. The number of amides is 1. The van der Waals surface area contributed by atoms with Crippen molar-refractivity contribution in [2.75, 3.05) is 32.0 Å². The number of hydrogen-bond acceptors (Lipinski definition) is 5. The van der Waals surface area contributed by atoms with Gasteiger partial charge in [-0.15, -0.1) is 0 Å². The van der Waals surface area contributed by atoms with Crippen molar-refractivity contribution in [1.29, 1.82) is 0 Å². The molecule has 13 heteroatoms. The molecule has 1 amide bonds. The summed E-state index contributed by atoms with van der Waals surface area (Å²) in [6, 6.07) is 2.57. The van der Waals surface area contributed by atoms with Crippen LogP contribution in [0.15, 0.2) is 23.1 Å². The van der Waals surface area contributed by atoms with Gasteiger partial charge >= 0.3 is 13.3 Å². The van der Waals surface area contributed by atoms with Gasteiger partial charge < -0.3 is 29.9 Å². The Morgan fingerprint density at radius 2 is 1.89 bits per heavy atom. The van der Waals surface area contributed by atoms with Crippen LogP contribution in [-0.2, 0) is 4.57 Å². The van der Waals surface area contributed by atoms with Crippen LogP contribution in [0.25, 0.3) is 10.9 Å². The summed E-state index contributed by atoms with van der Waals surface area (Å²) in [6.07, 6.45) is 7.01. The lowest BCUT2D eigenvalue weighted by atomic mass is 9.95. The summed E-state index contributed by atoms with van der Waals surface area (Å²) in [5.41, 5.74) is -5.19. The average Bonchev–Trinajstić information content (AvgIpc) is 3.25. The third-order valence-electron chi connectivity index (χ3n) is 6.98. The summed E-state index contributed by atoms with van der Waals surface area (Å²) in [5.74, 6) is -1.88. The number of aromatic nitrogens is 1. The van der Waals surface area contributed by atoms with Gasteiger partial charge in [-0.3, -0.25) is 14.2 Å². The van der Waals surface area contributed by atoms with E-state index >= 15 is 4.39 Å². The molecular weight excluding hydrogens is 500 g/mol. The topological polar surface area (TPSA) is 124 Å². The summed E-state index contributed by atoms with van der Waals surface area (Å²) in [7, 11) is -3.91. The van der Waals surface area contributed by atoms with Crippen molar-refractivity contribution in [2.24, 2.45) is 0 Å². The number of fused-ring (bicyclic) bond motifs is 1. The maximum atomic E-state index is 15.1. The van der Waals surface area contributed by atoms with E-state index in [1.54, 1.807) is 16.0 Å². The summed E-state index contributed by atoms with van der Waals surface area (Å²) >= 11 is 0. The molecule has 1 atom stereocenters. The highest BCUT2D eigenvalue weighted by atomic mass is 31.2. The van der Waals surface area contributed by atoms with Gasteiger partial charge in [0, 0.05) is 30.2 Å². The molecule has 1 aliphatic carbocycles. The SMILES string of the molecule is CN1CCC(n2cc(C(=O)NCC(F)(F)P(=O)(O)O)c(=O)c3cc(F)c(NC4CCCCC4)cc32)C1. The van der Waals surface area contributed by atoms with E-state index in [2.05, 4.69) is 10.2 Å². The van der Waals surface area contributed by atoms with Crippen LogP contribution in [0, 0.1) is 5.82 Å². The first kappa shape index (κ1) is 26.7. The predicted octanol–water partition coefficient (Wildman–Crippen LogP) is 3.26. The highest BCUT2D eigenvalue weighted by Gasteiger charge is 2.48. The molecule has 9 nitrogen and oxygen atoms in total. The number of nitrogens with one attached hydrogen (secondary N) is 2. The van der Waals surface area contributed by atoms with Crippen LogP contribution >= 0.6 is 7.60 Å². The maximum absolute atomic E-state index is 15.1. The van der Waals surface area contributed by atoms with E-state index in [1.165, 1.54) is 6.20 Å². The van der Waals surface area contributed by atoms with Gasteiger partial charge in [-0.25, -0.2) is 4.39 Å². The molecule has 2 heterocycles. The molecule has 2 aliphatic rings. The van der Waals surface area contributed by atoms with E-state index in [0.29, 0.717) is 18.5 Å². The van der Waals surface area contributed by atoms with Gasteiger partial charge in [0.1, 0.15) is 11.4 Å². The number of halogens is 3. The van der Waals surface area contributed by atoms with Gasteiger partial charge in [-0.1, -0.05) is 19.3 Å². The van der Waals surface area contributed by atoms with Gasteiger partial charge in [-0.05, 0) is 45.0 Å². The second-order valence-corrected chi connectivity index (χ2v) is 11.4. The second-order valence-electron chi connectivity index (χ2n) is 9.70. The number of rotatable bonds is 7. The first-order valence-corrected chi connectivity index (χ1v) is 13.5. The second kappa shape index (κ2) is 10.2. The Kier molecular flexibility index (Phi) is 7.52. The molecule has 1 saturated carbocycles. The minimum absolute atomic E-state index is 0.0781. The number of likely N-dealkylation sites (tertiary alicyclic amines) is 1. The first-order chi connectivity index (χ1) is 16.9. The normalized spacial score (nSPS) is 20.1. The molecule has 0 bridgehead atoms. The lowest BCUT2D eigenvalue weighted by Crippen LogP contribution is -2.38. The Labute approximate surface area is 205 Å². The molecule has 198 valence electrons. The summed E-state index contributed by atoms with van der Waals surface area (Å²) in [4.78, 5) is 45.5. The molecular formula is C23H30F3N4O5P. The minimum atomic E-state index is -5.82. The van der Waals surface area contributed by atoms with Crippen molar-refractivity contribution in [2.45, 2.75) is 56.3 Å². The number of carbonyl (C=O) groups is 1. The van der Waals surface area contributed by atoms with E-state index in [-0.39, 0.29) is 23.2 Å². The molecule has 1 aromatic carbocycles. The molecule has 1 aromatic heterocycles. The van der Waals surface area contributed by atoms with Gasteiger partial charge in [0.15, 0.2) is 0 Å². The summed E-state index contributed by atoms with van der Waals surface area (Å²) < 4.78 is 55.2. The zero-order chi connectivity index (χ0) is 26.3. The third kappa shape index (κ3) is 5.46. The first-order valence-electron chi connectivity index (χ1n) is 11.9. The van der Waals surface area contributed by atoms with Gasteiger partial charge in [0.05, 0.1) is 17.7 Å². The van der Waals surface area contributed by atoms with E-state index in [0.717, 1.165) is 44.7 Å². The maximum Gasteiger partial charge on any atom is 0.396 e. The Morgan fingerprint density at radius 1 is 1.19 bits per heavy atom. The van der Waals surface area contributed by atoms with Crippen LogP contribution in [0.2, 0.25) is 0 Å². The van der Waals surface area contributed by atoms with Crippen LogP contribution < -0.4 is 16.1 Å². The standard InChI is InChI=1S/C23H30F3N4O5P/c1-29-8-7-15(11-29)30-12-17(22(32)27-13-23(25,26)36(33,34)35)21(31)16-9-18(24)19(10-20(16)30)28-14-5-3-2-4-6-14/h9-10,12,14-15,28H,2-8,11,13H2,1H3,(H,27,32)(H2,33,34,35). The number of alkyl halides is 2. The predicted molar refractivity (Wildman–Crippen MR) is 129 cm³/mol. The fourth-order valence-corrected chi connectivity index (χ4v) is 5.22. The summed E-state index contributed by atoms with van der Waals surface area (Å²) in [5, 5.41) is 4.91. The molecule has 36 heavy (non-hydrogen) atoms. The fourth-order valence-electron chi connectivity index (χ4n) is 4.93. The van der Waals surface area contributed by atoms with Crippen molar-refractivity contribution < 1.29 is 32.3 Å². The van der Waals surface area contributed by atoms with E-state index in [1.807, 2.05) is 7.05 Å². The Morgan fingerprint density at radius 3 is 2.50 bits per heavy atom. The molecule has 1 aliphatic heterocycles. The Hall–Kier alpha value is -2.40. The molecule has 4 rings (SSSR count). The zero-order valence-corrected chi connectivity index (χ0v) is 20.7. The van der Waals surface area contributed by atoms with E-state index in [4.69, 9.17) is 9.79 Å². The summed E-state index contributed by atoms with van der Waals surface area (Å²) in [6.45, 7) is -0.306. The lowest BCUT2D eigenvalue weighted by Gasteiger charge is -2.25. The zero-order valence-electron chi connectivity index (χ0n) is 19.8. The number of benzene rings is 1. The molecule has 1 unspecified atom stereocenters. The van der Waals surface area contributed by atoms with Gasteiger partial charge in [-0.2, -0.15) is 8.78 Å². The lowest BCUT2D eigenvalue weighted by molar-refractivity contribution is 0.0547. The fraction of sp³-hybridized carbons (Fsp3) is 0.565. The smallest absolute Gasteiger partial charge is 0.380 e. The minimum Gasteiger partial charge on any atom is -0.380 e. The highest BCUT2D eigenvalue weighted by Crippen LogP contribution is 2.52. The van der Waals surface area contributed by atoms with Crippen LogP contribution in [0.3, 0.4) is 0 Å². The number of hydrogen-bond donors (Lipinski definition) is 4. The Balaban J connectivity index is 1.75. The number of nitrogens with zero attached hydrogens (tertiary/aromatic N) is 2. The van der Waals surface area contributed by atoms with Crippen LogP contribution in [0.5, 0.6) is 0 Å². The average molecular weight is 530 g/mol. The van der Waals surface area contributed by atoms with E-state index < -0.39 is 42.5 Å². The quantitative estimate of drug-likeness (QED) is 0.405. The van der Waals surface area contributed by atoms with Crippen molar-refractivity contribution in [3.8, 4) is 0 Å². The monoisotopic (exact) mass is 530 g/mol. The van der Waals surface area contributed by atoms with Gasteiger partial charge in [0.2, 0.25) is 5.43 Å². The van der Waals surface area contributed by atoms with Gasteiger partial charge in [0.25, 0.3) is 5.91 Å². The number of carbonyl (C=O) groups excluding carboxylic acids is 1.